The van der Waals surface area contributed by atoms with Crippen molar-refractivity contribution in [3.63, 3.8) is 0 Å². The third kappa shape index (κ3) is 4.37. The second kappa shape index (κ2) is 8.13. The highest BCUT2D eigenvalue weighted by molar-refractivity contribution is 5.70. The molecule has 3 rings (SSSR count). The summed E-state index contributed by atoms with van der Waals surface area (Å²) in [5, 5.41) is 9.43. The van der Waals surface area contributed by atoms with Crippen molar-refractivity contribution in [2.24, 2.45) is 11.8 Å². The Hall–Kier alpha value is -1.39. The van der Waals surface area contributed by atoms with Crippen molar-refractivity contribution < 1.29 is 19.4 Å². The predicted octanol–water partition coefficient (Wildman–Crippen LogP) is 3.32. The first-order chi connectivity index (χ1) is 11.7. The molecule has 3 fully saturated rings. The lowest BCUT2D eigenvalue weighted by molar-refractivity contribution is -0.158. The summed E-state index contributed by atoms with van der Waals surface area (Å²) in [5.41, 5.74) is 0. The molecule has 3 aliphatic rings. The highest BCUT2D eigenvalue weighted by atomic mass is 16.6. The molecule has 6 atom stereocenters. The number of carbonyl (C=O) groups excluding carboxylic acids is 1. The minimum atomic E-state index is -0.355. The van der Waals surface area contributed by atoms with E-state index in [1.165, 1.54) is 0 Å². The summed E-state index contributed by atoms with van der Waals surface area (Å²) >= 11 is 0. The molecule has 0 aromatic heterocycles. The van der Waals surface area contributed by atoms with Gasteiger partial charge in [-0.05, 0) is 32.1 Å². The minimum Gasteiger partial charge on any atom is -0.462 e. The van der Waals surface area contributed by atoms with Crippen molar-refractivity contribution in [3.05, 3.63) is 36.5 Å². The van der Waals surface area contributed by atoms with Crippen LogP contribution in [0.1, 0.15) is 45.4 Å². The van der Waals surface area contributed by atoms with Gasteiger partial charge in [-0.15, -0.1) is 0 Å². The number of ether oxygens (including phenoxy) is 2. The van der Waals surface area contributed by atoms with E-state index in [2.05, 4.69) is 18.2 Å². The molecule has 0 spiro atoms. The normalized spacial score (nSPS) is 37.2. The van der Waals surface area contributed by atoms with Gasteiger partial charge in [-0.3, -0.25) is 4.79 Å². The standard InChI is InChI=1S/C20H28O4/c1-2-14(21)9-6-4-3-5-7-10-15-16(13-18-20(15)24-18)17-11-8-12-19(22)23-17/h3-4,6-7,9-10,14-18,20-21H,2,5,8,11-13H2,1H3/b4-3-,9-6+,10-7+/t14-,15?,16?,17?,18?,20?/m0/s1. The number of cyclic esters (lactones) is 1. The fourth-order valence-electron chi connectivity index (χ4n) is 3.84. The van der Waals surface area contributed by atoms with Gasteiger partial charge >= 0.3 is 5.97 Å². The molecular formula is C20H28O4. The monoisotopic (exact) mass is 332 g/mol. The van der Waals surface area contributed by atoms with Gasteiger partial charge in [-0.25, -0.2) is 0 Å². The van der Waals surface area contributed by atoms with Gasteiger partial charge in [0.1, 0.15) is 6.10 Å². The molecule has 4 nitrogen and oxygen atoms in total. The average molecular weight is 332 g/mol. The first-order valence-corrected chi connectivity index (χ1v) is 9.22. The summed E-state index contributed by atoms with van der Waals surface area (Å²) in [7, 11) is 0. The summed E-state index contributed by atoms with van der Waals surface area (Å²) in [4.78, 5) is 11.6. The molecule has 0 amide bonds. The Labute approximate surface area is 144 Å². The van der Waals surface area contributed by atoms with Crippen LogP contribution in [0.5, 0.6) is 0 Å². The van der Waals surface area contributed by atoms with Crippen molar-refractivity contribution >= 4 is 5.97 Å². The molecule has 0 bridgehead atoms. The summed E-state index contributed by atoms with van der Waals surface area (Å²) in [6.45, 7) is 1.95. The Bertz CT molecular complexity index is 522. The summed E-state index contributed by atoms with van der Waals surface area (Å²) in [6, 6.07) is 0. The van der Waals surface area contributed by atoms with Gasteiger partial charge in [0, 0.05) is 18.3 Å². The topological polar surface area (TPSA) is 59.1 Å². The summed E-state index contributed by atoms with van der Waals surface area (Å²) in [5.74, 6) is 0.744. The van der Waals surface area contributed by atoms with Crippen LogP contribution in [0.15, 0.2) is 36.5 Å². The second-order valence-electron chi connectivity index (χ2n) is 6.99. The Kier molecular flexibility index (Phi) is 5.90. The van der Waals surface area contributed by atoms with Gasteiger partial charge in [0.2, 0.25) is 0 Å². The van der Waals surface area contributed by atoms with Gasteiger partial charge in [0.15, 0.2) is 0 Å². The van der Waals surface area contributed by atoms with Crippen molar-refractivity contribution in [1.82, 2.24) is 0 Å². The Morgan fingerprint density at radius 1 is 1.29 bits per heavy atom. The molecule has 5 unspecified atom stereocenters. The number of allylic oxidation sites excluding steroid dienone is 4. The average Bonchev–Trinajstić information content (AvgIpc) is 3.27. The summed E-state index contributed by atoms with van der Waals surface area (Å²) < 4.78 is 11.3. The quantitative estimate of drug-likeness (QED) is 0.336. The Morgan fingerprint density at radius 2 is 2.17 bits per heavy atom. The number of fused-ring (bicyclic) bond motifs is 1. The number of rotatable bonds is 7. The summed E-state index contributed by atoms with van der Waals surface area (Å²) in [6.07, 6.45) is 17.7. The molecule has 0 radical (unpaired) electrons. The molecule has 1 saturated carbocycles. The van der Waals surface area contributed by atoms with Gasteiger partial charge in [-0.1, -0.05) is 43.4 Å². The number of hydrogen-bond donors (Lipinski definition) is 1. The van der Waals surface area contributed by atoms with Crippen LogP contribution in [0.25, 0.3) is 0 Å². The zero-order valence-corrected chi connectivity index (χ0v) is 14.3. The van der Waals surface area contributed by atoms with Crippen LogP contribution in [0.4, 0.5) is 0 Å². The molecule has 2 saturated heterocycles. The van der Waals surface area contributed by atoms with Crippen molar-refractivity contribution in [1.29, 1.82) is 0 Å². The zero-order chi connectivity index (χ0) is 16.9. The van der Waals surface area contributed by atoms with E-state index in [-0.39, 0.29) is 18.2 Å². The number of hydrogen-bond acceptors (Lipinski definition) is 4. The Morgan fingerprint density at radius 3 is 2.96 bits per heavy atom. The first kappa shape index (κ1) is 17.4. The SMILES string of the molecule is CC[C@H](O)/C=C/C=C\C/C=C/C1C(C2CCCC(=O)O2)CC2OC21. The van der Waals surface area contributed by atoms with Crippen LogP contribution >= 0.6 is 0 Å². The maximum absolute atomic E-state index is 11.6. The van der Waals surface area contributed by atoms with Crippen LogP contribution < -0.4 is 0 Å². The fourth-order valence-corrected chi connectivity index (χ4v) is 3.84. The molecular weight excluding hydrogens is 304 g/mol. The van der Waals surface area contributed by atoms with Crippen LogP contribution in [0.3, 0.4) is 0 Å². The van der Waals surface area contributed by atoms with Crippen molar-refractivity contribution in [2.45, 2.75) is 69.9 Å². The Balaban J connectivity index is 1.48. The van der Waals surface area contributed by atoms with E-state index in [0.717, 1.165) is 32.1 Å². The van der Waals surface area contributed by atoms with E-state index >= 15 is 0 Å². The van der Waals surface area contributed by atoms with E-state index in [9.17, 15) is 9.90 Å². The van der Waals surface area contributed by atoms with E-state index < -0.39 is 0 Å². The van der Waals surface area contributed by atoms with Crippen molar-refractivity contribution in [2.75, 3.05) is 0 Å². The third-order valence-electron chi connectivity index (χ3n) is 5.26. The molecule has 132 valence electrons. The van der Waals surface area contributed by atoms with E-state index in [4.69, 9.17) is 9.47 Å². The van der Waals surface area contributed by atoms with Crippen LogP contribution in [0.2, 0.25) is 0 Å². The smallest absolute Gasteiger partial charge is 0.306 e. The molecule has 2 heterocycles. The third-order valence-corrected chi connectivity index (χ3v) is 5.26. The van der Waals surface area contributed by atoms with Gasteiger partial charge in [0.25, 0.3) is 0 Å². The lowest BCUT2D eigenvalue weighted by atomic mass is 9.85. The minimum absolute atomic E-state index is 0.0422. The van der Waals surface area contributed by atoms with E-state index in [1.807, 2.05) is 19.1 Å². The fraction of sp³-hybridized carbons (Fsp3) is 0.650. The molecule has 2 aliphatic heterocycles. The molecule has 1 N–H and O–H groups in total. The number of carbonyl (C=O) groups is 1. The van der Waals surface area contributed by atoms with Gasteiger partial charge in [-0.2, -0.15) is 0 Å². The van der Waals surface area contributed by atoms with Gasteiger partial charge in [0.05, 0.1) is 18.3 Å². The first-order valence-electron chi connectivity index (χ1n) is 9.22. The molecule has 0 aromatic carbocycles. The molecule has 4 heteroatoms. The lowest BCUT2D eigenvalue weighted by Crippen LogP contribution is -2.34. The molecule has 0 aromatic rings. The van der Waals surface area contributed by atoms with Crippen molar-refractivity contribution in [3.8, 4) is 0 Å². The predicted molar refractivity (Wildman–Crippen MR) is 92.3 cm³/mol. The largest absolute Gasteiger partial charge is 0.462 e. The molecule has 1 aliphatic carbocycles. The zero-order valence-electron chi connectivity index (χ0n) is 14.3. The number of epoxide rings is 1. The number of aliphatic hydroxyl groups excluding tert-OH is 1. The van der Waals surface area contributed by atoms with Crippen LogP contribution in [-0.4, -0.2) is 35.5 Å². The lowest BCUT2D eigenvalue weighted by Gasteiger charge is -2.31. The highest BCUT2D eigenvalue weighted by Gasteiger charge is 2.57. The van der Waals surface area contributed by atoms with Crippen LogP contribution in [0, 0.1) is 11.8 Å². The molecule has 24 heavy (non-hydrogen) atoms. The second-order valence-corrected chi connectivity index (χ2v) is 6.99. The maximum Gasteiger partial charge on any atom is 0.306 e. The number of aliphatic hydroxyl groups is 1. The van der Waals surface area contributed by atoms with E-state index in [0.29, 0.717) is 30.5 Å². The maximum atomic E-state index is 11.6. The van der Waals surface area contributed by atoms with E-state index in [1.54, 1.807) is 6.08 Å². The number of esters is 1. The van der Waals surface area contributed by atoms with Gasteiger partial charge < -0.3 is 14.6 Å². The highest BCUT2D eigenvalue weighted by Crippen LogP contribution is 2.50. The van der Waals surface area contributed by atoms with Crippen LogP contribution in [-0.2, 0) is 14.3 Å².